The highest BCUT2D eigenvalue weighted by molar-refractivity contribution is 5.79. The van der Waals surface area contributed by atoms with Crippen LogP contribution in [0, 0.1) is 32.4 Å². The summed E-state index contributed by atoms with van der Waals surface area (Å²) in [6.45, 7) is 5.79. The van der Waals surface area contributed by atoms with Crippen molar-refractivity contribution in [2.75, 3.05) is 0 Å². The van der Waals surface area contributed by atoms with Gasteiger partial charge >= 0.3 is 0 Å². The molecule has 150 valence electrons. The Balaban J connectivity index is 1.80. The van der Waals surface area contributed by atoms with Crippen LogP contribution in [0.15, 0.2) is 65.6 Å². The fourth-order valence-corrected chi connectivity index (χ4v) is 3.74. The van der Waals surface area contributed by atoms with Crippen molar-refractivity contribution in [2.45, 2.75) is 20.8 Å². The zero-order valence-electron chi connectivity index (χ0n) is 16.9. The van der Waals surface area contributed by atoms with Gasteiger partial charge in [-0.2, -0.15) is 0 Å². The van der Waals surface area contributed by atoms with Gasteiger partial charge in [-0.25, -0.2) is 8.78 Å². The van der Waals surface area contributed by atoms with Crippen molar-refractivity contribution in [1.82, 2.24) is 9.97 Å². The second-order valence-electron chi connectivity index (χ2n) is 7.37. The average Bonchev–Trinajstić information content (AvgIpc) is 2.70. The van der Waals surface area contributed by atoms with Gasteiger partial charge in [0.25, 0.3) is 5.56 Å². The normalized spacial score (nSPS) is 11.0. The monoisotopic (exact) mass is 402 g/mol. The van der Waals surface area contributed by atoms with Crippen molar-refractivity contribution < 1.29 is 8.78 Å². The Morgan fingerprint density at radius 3 is 2.23 bits per heavy atom. The molecule has 1 N–H and O–H groups in total. The van der Waals surface area contributed by atoms with Gasteiger partial charge in [0.1, 0.15) is 11.6 Å². The minimum Gasteiger partial charge on any atom is -0.326 e. The van der Waals surface area contributed by atoms with E-state index in [1.165, 1.54) is 12.1 Å². The van der Waals surface area contributed by atoms with Crippen molar-refractivity contribution in [1.29, 1.82) is 0 Å². The van der Waals surface area contributed by atoms with Gasteiger partial charge in [0.05, 0.1) is 5.69 Å². The molecule has 4 rings (SSSR count). The van der Waals surface area contributed by atoms with E-state index >= 15 is 0 Å². The van der Waals surface area contributed by atoms with Gasteiger partial charge in [0.2, 0.25) is 0 Å². The Kier molecular flexibility index (Phi) is 5.04. The summed E-state index contributed by atoms with van der Waals surface area (Å²) >= 11 is 0. The maximum absolute atomic E-state index is 14.1. The molecule has 0 fully saturated rings. The SMILES string of the molecule is Cc1ccc(-c2ccc(C)c(-c3ccc(-c4ccc(F)cc4F)cn3)c2C)c(=O)[nH]1. The fourth-order valence-electron chi connectivity index (χ4n) is 3.74. The summed E-state index contributed by atoms with van der Waals surface area (Å²) in [7, 11) is 0. The predicted molar refractivity (Wildman–Crippen MR) is 115 cm³/mol. The van der Waals surface area contributed by atoms with E-state index in [0.29, 0.717) is 16.7 Å². The van der Waals surface area contributed by atoms with Crippen molar-refractivity contribution in [2.24, 2.45) is 0 Å². The molecule has 2 heterocycles. The number of nitrogens with zero attached hydrogens (tertiary/aromatic N) is 1. The minimum atomic E-state index is -0.627. The quantitative estimate of drug-likeness (QED) is 0.459. The molecule has 0 bridgehead atoms. The molecule has 0 radical (unpaired) electrons. The molecule has 0 saturated carbocycles. The highest BCUT2D eigenvalue weighted by Gasteiger charge is 2.15. The van der Waals surface area contributed by atoms with E-state index in [2.05, 4.69) is 9.97 Å². The second kappa shape index (κ2) is 7.67. The molecule has 0 spiro atoms. The van der Waals surface area contributed by atoms with E-state index < -0.39 is 11.6 Å². The molecule has 0 saturated heterocycles. The predicted octanol–water partition coefficient (Wildman–Crippen LogP) is 5.97. The Bertz CT molecular complexity index is 1310. The Morgan fingerprint density at radius 2 is 1.57 bits per heavy atom. The van der Waals surface area contributed by atoms with Crippen molar-refractivity contribution in [3.63, 3.8) is 0 Å². The number of hydrogen-bond donors (Lipinski definition) is 1. The topological polar surface area (TPSA) is 45.8 Å². The molecule has 0 amide bonds. The number of halogens is 2. The molecule has 0 atom stereocenters. The number of hydrogen-bond acceptors (Lipinski definition) is 2. The standard InChI is InChI=1S/C25H20F2N2O/c1-14-4-8-19(21-9-5-15(2)29-25(21)30)16(3)24(14)23-11-6-17(13-28-23)20-10-7-18(26)12-22(20)27/h4-13H,1-3H3,(H,29,30). The first kappa shape index (κ1) is 19.7. The van der Waals surface area contributed by atoms with E-state index in [1.54, 1.807) is 12.3 Å². The minimum absolute atomic E-state index is 0.136. The lowest BCUT2D eigenvalue weighted by atomic mass is 9.91. The molecule has 4 aromatic rings. The van der Waals surface area contributed by atoms with Gasteiger partial charge in [0.15, 0.2) is 0 Å². The van der Waals surface area contributed by atoms with E-state index in [9.17, 15) is 13.6 Å². The van der Waals surface area contributed by atoms with Crippen molar-refractivity contribution in [3.05, 3.63) is 99.6 Å². The van der Waals surface area contributed by atoms with Gasteiger partial charge < -0.3 is 4.98 Å². The maximum Gasteiger partial charge on any atom is 0.256 e. The lowest BCUT2D eigenvalue weighted by molar-refractivity contribution is 0.585. The van der Waals surface area contributed by atoms with Gasteiger partial charge in [0, 0.05) is 40.2 Å². The van der Waals surface area contributed by atoms with E-state index in [1.807, 2.05) is 51.1 Å². The summed E-state index contributed by atoms with van der Waals surface area (Å²) in [6.07, 6.45) is 1.58. The molecule has 0 unspecified atom stereocenters. The number of aryl methyl sites for hydroxylation is 2. The fraction of sp³-hybridized carbons (Fsp3) is 0.120. The molecular formula is C25H20F2N2O. The van der Waals surface area contributed by atoms with Gasteiger partial charge in [-0.05, 0) is 67.8 Å². The smallest absolute Gasteiger partial charge is 0.256 e. The highest BCUT2D eigenvalue weighted by Crippen LogP contribution is 2.33. The van der Waals surface area contributed by atoms with Gasteiger partial charge in [-0.1, -0.05) is 18.2 Å². The van der Waals surface area contributed by atoms with Crippen LogP contribution in [-0.2, 0) is 0 Å². The third kappa shape index (κ3) is 3.54. The first-order valence-corrected chi connectivity index (χ1v) is 9.57. The Hall–Kier alpha value is -3.60. The van der Waals surface area contributed by atoms with Crippen LogP contribution in [0.3, 0.4) is 0 Å². The molecule has 5 heteroatoms. The number of aromatic amines is 1. The van der Waals surface area contributed by atoms with E-state index in [-0.39, 0.29) is 5.56 Å². The first-order valence-electron chi connectivity index (χ1n) is 9.57. The first-order chi connectivity index (χ1) is 14.3. The second-order valence-corrected chi connectivity index (χ2v) is 7.37. The van der Waals surface area contributed by atoms with Crippen LogP contribution in [-0.4, -0.2) is 9.97 Å². The zero-order chi connectivity index (χ0) is 21.4. The van der Waals surface area contributed by atoms with Gasteiger partial charge in [-0.3, -0.25) is 9.78 Å². The van der Waals surface area contributed by atoms with Crippen LogP contribution in [0.5, 0.6) is 0 Å². The molecule has 0 aliphatic heterocycles. The Morgan fingerprint density at radius 1 is 0.833 bits per heavy atom. The van der Waals surface area contributed by atoms with Crippen LogP contribution in [0.1, 0.15) is 16.8 Å². The highest BCUT2D eigenvalue weighted by atomic mass is 19.1. The summed E-state index contributed by atoms with van der Waals surface area (Å²) < 4.78 is 27.3. The molecule has 30 heavy (non-hydrogen) atoms. The largest absolute Gasteiger partial charge is 0.326 e. The molecule has 0 aliphatic rings. The third-order valence-corrected chi connectivity index (χ3v) is 5.28. The summed E-state index contributed by atoms with van der Waals surface area (Å²) in [4.78, 5) is 19.8. The van der Waals surface area contributed by atoms with Crippen molar-refractivity contribution >= 4 is 0 Å². The third-order valence-electron chi connectivity index (χ3n) is 5.28. The van der Waals surface area contributed by atoms with Crippen LogP contribution in [0.25, 0.3) is 33.5 Å². The summed E-state index contributed by atoms with van der Waals surface area (Å²) in [5.74, 6) is -1.24. The number of benzene rings is 2. The van der Waals surface area contributed by atoms with Crippen LogP contribution < -0.4 is 5.56 Å². The van der Waals surface area contributed by atoms with Crippen LogP contribution in [0.4, 0.5) is 8.78 Å². The number of pyridine rings is 2. The maximum atomic E-state index is 14.1. The number of nitrogens with one attached hydrogen (secondary N) is 1. The Labute approximate surface area is 173 Å². The number of H-pyrrole nitrogens is 1. The van der Waals surface area contributed by atoms with E-state index in [0.717, 1.165) is 39.7 Å². The molecule has 2 aromatic carbocycles. The van der Waals surface area contributed by atoms with Gasteiger partial charge in [-0.15, -0.1) is 0 Å². The lowest BCUT2D eigenvalue weighted by Crippen LogP contribution is -2.10. The lowest BCUT2D eigenvalue weighted by Gasteiger charge is -2.15. The molecule has 3 nitrogen and oxygen atoms in total. The van der Waals surface area contributed by atoms with Crippen molar-refractivity contribution in [3.8, 4) is 33.5 Å². The van der Waals surface area contributed by atoms with E-state index in [4.69, 9.17) is 0 Å². The summed E-state index contributed by atoms with van der Waals surface area (Å²) in [6, 6.07) is 14.7. The summed E-state index contributed by atoms with van der Waals surface area (Å²) in [5.41, 5.74) is 6.59. The van der Waals surface area contributed by atoms with Crippen LogP contribution in [0.2, 0.25) is 0 Å². The summed E-state index contributed by atoms with van der Waals surface area (Å²) in [5, 5.41) is 0. The molecular weight excluding hydrogens is 382 g/mol. The van der Waals surface area contributed by atoms with Crippen LogP contribution >= 0.6 is 0 Å². The zero-order valence-corrected chi connectivity index (χ0v) is 16.9. The number of rotatable bonds is 3. The average molecular weight is 402 g/mol. The molecule has 2 aromatic heterocycles. The molecule has 0 aliphatic carbocycles. The number of aromatic nitrogens is 2.